The lowest BCUT2D eigenvalue weighted by Gasteiger charge is -2.27. The lowest BCUT2D eigenvalue weighted by atomic mass is 10.1. The smallest absolute Gasteiger partial charge is 0.269 e. The summed E-state index contributed by atoms with van der Waals surface area (Å²) < 4.78 is 5.99. The summed E-state index contributed by atoms with van der Waals surface area (Å²) in [5.41, 5.74) is 4.18. The predicted molar refractivity (Wildman–Crippen MR) is 116 cm³/mol. The van der Waals surface area contributed by atoms with Crippen LogP contribution in [-0.2, 0) is 19.5 Å². The molecule has 0 unspecified atom stereocenters. The van der Waals surface area contributed by atoms with Crippen LogP contribution < -0.4 is 0 Å². The van der Waals surface area contributed by atoms with E-state index in [2.05, 4.69) is 9.88 Å². The van der Waals surface area contributed by atoms with E-state index in [1.54, 1.807) is 12.1 Å². The second kappa shape index (κ2) is 8.12. The lowest BCUT2D eigenvalue weighted by molar-refractivity contribution is -0.384. The van der Waals surface area contributed by atoms with Crippen molar-refractivity contribution in [3.63, 3.8) is 0 Å². The fraction of sp³-hybridized carbons (Fsp3) is 0.167. The maximum absolute atomic E-state index is 10.8. The summed E-state index contributed by atoms with van der Waals surface area (Å²) in [7, 11) is 0. The molecule has 0 aliphatic carbocycles. The molecule has 5 rings (SSSR count). The Balaban J connectivity index is 1.27. The summed E-state index contributed by atoms with van der Waals surface area (Å²) >= 11 is 0. The fourth-order valence-corrected chi connectivity index (χ4v) is 3.82. The molecule has 7 nitrogen and oxygen atoms in total. The Morgan fingerprint density at radius 2 is 1.81 bits per heavy atom. The molecule has 0 bridgehead atoms. The van der Waals surface area contributed by atoms with Gasteiger partial charge in [0.25, 0.3) is 5.69 Å². The van der Waals surface area contributed by atoms with Gasteiger partial charge in [0.2, 0.25) is 0 Å². The van der Waals surface area contributed by atoms with Crippen LogP contribution in [-0.4, -0.2) is 26.3 Å². The molecule has 0 atom stereocenters. The minimum Gasteiger partial charge on any atom is -0.460 e. The first-order valence-corrected chi connectivity index (χ1v) is 10.1. The third kappa shape index (κ3) is 4.08. The Kier molecular flexibility index (Phi) is 5.01. The number of furan rings is 1. The number of aromatic nitrogens is 2. The normalized spacial score (nSPS) is 13.7. The Morgan fingerprint density at radius 1 is 1.00 bits per heavy atom. The third-order valence-electron chi connectivity index (χ3n) is 5.45. The number of hydrogen-bond donors (Lipinski definition) is 0. The van der Waals surface area contributed by atoms with E-state index < -0.39 is 4.92 Å². The molecule has 3 heterocycles. The van der Waals surface area contributed by atoms with Crippen LogP contribution in [0.15, 0.2) is 77.3 Å². The number of benzene rings is 2. The highest BCUT2D eigenvalue weighted by Crippen LogP contribution is 2.27. The van der Waals surface area contributed by atoms with Gasteiger partial charge in [-0.25, -0.2) is 9.97 Å². The van der Waals surface area contributed by atoms with Crippen molar-refractivity contribution in [2.45, 2.75) is 19.5 Å². The van der Waals surface area contributed by atoms with Crippen LogP contribution in [0.25, 0.3) is 22.7 Å². The van der Waals surface area contributed by atoms with Crippen LogP contribution in [0.5, 0.6) is 0 Å². The number of rotatable bonds is 5. The predicted octanol–water partition coefficient (Wildman–Crippen LogP) is 4.87. The SMILES string of the molecule is O=[N+]([O-])c1ccc(-c2ccc(CN3CCc4nc(-c5ccccc5)ncc4C3)o2)cc1. The van der Waals surface area contributed by atoms with Gasteiger partial charge in [-0.05, 0) is 24.3 Å². The quantitative estimate of drug-likeness (QED) is 0.343. The summed E-state index contributed by atoms with van der Waals surface area (Å²) in [6, 6.07) is 20.3. The Morgan fingerprint density at radius 3 is 2.58 bits per heavy atom. The van der Waals surface area contributed by atoms with Gasteiger partial charge in [0.15, 0.2) is 5.82 Å². The molecular weight excluding hydrogens is 392 g/mol. The van der Waals surface area contributed by atoms with Crippen molar-refractivity contribution in [1.29, 1.82) is 0 Å². The number of hydrogen-bond acceptors (Lipinski definition) is 6. The van der Waals surface area contributed by atoms with E-state index in [9.17, 15) is 10.1 Å². The van der Waals surface area contributed by atoms with Crippen LogP contribution in [0.4, 0.5) is 5.69 Å². The second-order valence-corrected chi connectivity index (χ2v) is 7.56. The Hall–Kier alpha value is -3.84. The Labute approximate surface area is 179 Å². The van der Waals surface area contributed by atoms with Crippen molar-refractivity contribution in [1.82, 2.24) is 14.9 Å². The number of nitro groups is 1. The van der Waals surface area contributed by atoms with E-state index in [0.29, 0.717) is 12.3 Å². The highest BCUT2D eigenvalue weighted by atomic mass is 16.6. The zero-order valence-electron chi connectivity index (χ0n) is 16.8. The van der Waals surface area contributed by atoms with Gasteiger partial charge in [-0.15, -0.1) is 0 Å². The van der Waals surface area contributed by atoms with Crippen molar-refractivity contribution < 1.29 is 9.34 Å². The zero-order chi connectivity index (χ0) is 21.2. The van der Waals surface area contributed by atoms with Gasteiger partial charge in [0, 0.05) is 54.5 Å². The molecule has 154 valence electrons. The molecule has 2 aromatic heterocycles. The summed E-state index contributed by atoms with van der Waals surface area (Å²) in [5, 5.41) is 10.8. The maximum Gasteiger partial charge on any atom is 0.269 e. The average Bonchev–Trinajstić information content (AvgIpc) is 3.28. The van der Waals surface area contributed by atoms with Gasteiger partial charge in [-0.3, -0.25) is 15.0 Å². The first kappa shape index (κ1) is 19.1. The molecule has 0 saturated carbocycles. The summed E-state index contributed by atoms with van der Waals surface area (Å²) in [4.78, 5) is 22.1. The molecule has 0 amide bonds. The summed E-state index contributed by atoms with van der Waals surface area (Å²) in [5.74, 6) is 2.34. The molecule has 0 radical (unpaired) electrons. The molecular formula is C24H20N4O3. The molecule has 7 heteroatoms. The molecule has 0 spiro atoms. The average molecular weight is 412 g/mol. The van der Waals surface area contributed by atoms with Gasteiger partial charge in [-0.2, -0.15) is 0 Å². The van der Waals surface area contributed by atoms with Crippen LogP contribution in [0.2, 0.25) is 0 Å². The largest absolute Gasteiger partial charge is 0.460 e. The molecule has 0 N–H and O–H groups in total. The molecule has 4 aromatic rings. The van der Waals surface area contributed by atoms with E-state index in [-0.39, 0.29) is 5.69 Å². The van der Waals surface area contributed by atoms with Crippen molar-refractivity contribution in [2.24, 2.45) is 0 Å². The van der Waals surface area contributed by atoms with Crippen molar-refractivity contribution >= 4 is 5.69 Å². The first-order valence-electron chi connectivity index (χ1n) is 10.1. The topological polar surface area (TPSA) is 85.3 Å². The van der Waals surface area contributed by atoms with Crippen LogP contribution >= 0.6 is 0 Å². The Bertz CT molecular complexity index is 1220. The van der Waals surface area contributed by atoms with Gasteiger partial charge in [-0.1, -0.05) is 30.3 Å². The van der Waals surface area contributed by atoms with Crippen molar-refractivity contribution in [2.75, 3.05) is 6.54 Å². The number of non-ortho nitro benzene ring substituents is 1. The minimum absolute atomic E-state index is 0.0696. The monoisotopic (exact) mass is 412 g/mol. The summed E-state index contributed by atoms with van der Waals surface area (Å²) in [6.07, 6.45) is 2.80. The highest BCUT2D eigenvalue weighted by molar-refractivity contribution is 5.59. The molecule has 1 aliphatic heterocycles. The van der Waals surface area contributed by atoms with Gasteiger partial charge >= 0.3 is 0 Å². The van der Waals surface area contributed by atoms with E-state index in [1.807, 2.05) is 48.7 Å². The van der Waals surface area contributed by atoms with E-state index >= 15 is 0 Å². The van der Waals surface area contributed by atoms with E-state index in [4.69, 9.17) is 9.40 Å². The van der Waals surface area contributed by atoms with Crippen molar-refractivity contribution in [3.8, 4) is 22.7 Å². The molecule has 2 aromatic carbocycles. The molecule has 0 fully saturated rings. The van der Waals surface area contributed by atoms with Crippen LogP contribution in [0.1, 0.15) is 17.0 Å². The standard InChI is InChI=1S/C24H20N4O3/c29-28(30)20-8-6-17(7-9-20)23-11-10-21(31-23)16-27-13-12-22-19(15-27)14-25-24(26-22)18-4-2-1-3-5-18/h1-11,14H,12-13,15-16H2. The third-order valence-corrected chi connectivity index (χ3v) is 5.45. The second-order valence-electron chi connectivity index (χ2n) is 7.56. The molecule has 1 aliphatic rings. The minimum atomic E-state index is -0.405. The van der Waals surface area contributed by atoms with Gasteiger partial charge in [0.05, 0.1) is 17.2 Å². The lowest BCUT2D eigenvalue weighted by Crippen LogP contribution is -2.30. The van der Waals surface area contributed by atoms with Crippen molar-refractivity contribution in [3.05, 3.63) is 100 Å². The van der Waals surface area contributed by atoms with E-state index in [1.165, 1.54) is 12.1 Å². The molecule has 0 saturated heterocycles. The van der Waals surface area contributed by atoms with Crippen LogP contribution in [0, 0.1) is 10.1 Å². The summed E-state index contributed by atoms with van der Waals surface area (Å²) in [6.45, 7) is 2.36. The first-order chi connectivity index (χ1) is 15.2. The number of fused-ring (bicyclic) bond motifs is 1. The zero-order valence-corrected chi connectivity index (χ0v) is 16.8. The number of nitrogens with zero attached hydrogens (tertiary/aromatic N) is 4. The number of nitro benzene ring substituents is 1. The van der Waals surface area contributed by atoms with Crippen LogP contribution in [0.3, 0.4) is 0 Å². The van der Waals surface area contributed by atoms with Gasteiger partial charge < -0.3 is 4.42 Å². The highest BCUT2D eigenvalue weighted by Gasteiger charge is 2.20. The van der Waals surface area contributed by atoms with Gasteiger partial charge in [0.1, 0.15) is 11.5 Å². The molecule has 31 heavy (non-hydrogen) atoms. The maximum atomic E-state index is 10.8. The van der Waals surface area contributed by atoms with E-state index in [0.717, 1.165) is 53.5 Å². The fourth-order valence-electron chi connectivity index (χ4n) is 3.82.